The monoisotopic (exact) mass is 446 g/mol. The first-order chi connectivity index (χ1) is 16.5. The van der Waals surface area contributed by atoms with E-state index in [4.69, 9.17) is 0 Å². The summed E-state index contributed by atoms with van der Waals surface area (Å²) < 4.78 is 1.58. The summed E-state index contributed by atoms with van der Waals surface area (Å²) in [4.78, 5) is 13.8. The number of aromatic hydroxyl groups is 1. The number of fused-ring (bicyclic) bond motifs is 1. The van der Waals surface area contributed by atoms with Gasteiger partial charge in [-0.1, -0.05) is 90.5 Å². The molecule has 0 spiro atoms. The first kappa shape index (κ1) is 21.5. The molecule has 1 heterocycles. The van der Waals surface area contributed by atoms with E-state index >= 15 is 0 Å². The van der Waals surface area contributed by atoms with Crippen LogP contribution in [0.15, 0.2) is 107 Å². The van der Waals surface area contributed by atoms with Crippen LogP contribution in [0, 0.1) is 6.92 Å². The maximum absolute atomic E-state index is 13.8. The largest absolute Gasteiger partial charge is 0.508 e. The number of hydrogen-bond acceptors (Lipinski definition) is 2. The third-order valence-electron chi connectivity index (χ3n) is 6.31. The third-order valence-corrected chi connectivity index (χ3v) is 6.31. The van der Waals surface area contributed by atoms with Crippen LogP contribution >= 0.6 is 0 Å². The molecule has 4 nitrogen and oxygen atoms in total. The van der Waals surface area contributed by atoms with E-state index in [0.717, 1.165) is 38.9 Å². The van der Waals surface area contributed by atoms with Gasteiger partial charge in [-0.2, -0.15) is 0 Å². The van der Waals surface area contributed by atoms with Gasteiger partial charge in [0, 0.05) is 17.2 Å². The van der Waals surface area contributed by atoms with E-state index in [1.54, 1.807) is 10.7 Å². The van der Waals surface area contributed by atoms with Crippen LogP contribution in [0.25, 0.3) is 22.5 Å². The van der Waals surface area contributed by atoms with Crippen molar-refractivity contribution in [3.63, 3.8) is 0 Å². The number of aromatic amines is 1. The standard InChI is InChI=1S/C30H26N2O2/c1-20(19-22-11-5-3-6-12-22)27(29-25-16-10-9-13-23(25)17-18-26(29)33)28-21(2)31-32(30(28)34)24-14-7-4-8-15-24/h3-19,27,31,33H,1-2H3/b20-19+. The minimum absolute atomic E-state index is 0.123. The van der Waals surface area contributed by atoms with Gasteiger partial charge in [-0.25, -0.2) is 4.68 Å². The highest BCUT2D eigenvalue weighted by molar-refractivity contribution is 5.89. The first-order valence-electron chi connectivity index (χ1n) is 11.4. The lowest BCUT2D eigenvalue weighted by Gasteiger charge is -2.21. The average Bonchev–Trinajstić information content (AvgIpc) is 3.15. The van der Waals surface area contributed by atoms with Crippen LogP contribution < -0.4 is 5.56 Å². The van der Waals surface area contributed by atoms with E-state index in [0.29, 0.717) is 5.56 Å². The number of allylic oxidation sites excluding steroid dienone is 1. The zero-order chi connectivity index (χ0) is 23.7. The van der Waals surface area contributed by atoms with Crippen LogP contribution in [-0.2, 0) is 0 Å². The molecule has 1 atom stereocenters. The smallest absolute Gasteiger partial charge is 0.275 e. The van der Waals surface area contributed by atoms with Crippen molar-refractivity contribution in [2.24, 2.45) is 0 Å². The molecule has 0 radical (unpaired) electrons. The van der Waals surface area contributed by atoms with Gasteiger partial charge >= 0.3 is 0 Å². The van der Waals surface area contributed by atoms with Crippen molar-refractivity contribution in [3.05, 3.63) is 135 Å². The molecule has 0 fully saturated rings. The third kappa shape index (κ3) is 3.84. The average molecular weight is 447 g/mol. The van der Waals surface area contributed by atoms with Crippen LogP contribution in [0.4, 0.5) is 0 Å². The summed E-state index contributed by atoms with van der Waals surface area (Å²) in [6, 6.07) is 31.2. The number of phenols is 1. The summed E-state index contributed by atoms with van der Waals surface area (Å²) in [6.45, 7) is 3.94. The summed E-state index contributed by atoms with van der Waals surface area (Å²) in [6.07, 6.45) is 2.09. The van der Waals surface area contributed by atoms with Gasteiger partial charge in [-0.3, -0.25) is 9.89 Å². The molecule has 0 saturated heterocycles. The van der Waals surface area contributed by atoms with Crippen LogP contribution in [0.3, 0.4) is 0 Å². The molecule has 5 rings (SSSR count). The maximum atomic E-state index is 13.8. The first-order valence-corrected chi connectivity index (χ1v) is 11.4. The molecule has 0 amide bonds. The molecule has 2 N–H and O–H groups in total. The predicted octanol–water partition coefficient (Wildman–Crippen LogP) is 6.57. The molecule has 0 bridgehead atoms. The molecule has 34 heavy (non-hydrogen) atoms. The normalized spacial score (nSPS) is 12.7. The molecule has 0 aliphatic carbocycles. The van der Waals surface area contributed by atoms with Crippen molar-refractivity contribution in [1.82, 2.24) is 9.78 Å². The van der Waals surface area contributed by atoms with Crippen molar-refractivity contribution in [1.29, 1.82) is 0 Å². The quantitative estimate of drug-likeness (QED) is 0.321. The van der Waals surface area contributed by atoms with Gasteiger partial charge in [-0.15, -0.1) is 0 Å². The van der Waals surface area contributed by atoms with Crippen LogP contribution in [0.2, 0.25) is 0 Å². The van der Waals surface area contributed by atoms with Crippen LogP contribution in [0.5, 0.6) is 5.75 Å². The summed E-state index contributed by atoms with van der Waals surface area (Å²) in [5.41, 5.74) is 4.79. The number of nitrogens with zero attached hydrogens (tertiary/aromatic N) is 1. The Balaban J connectivity index is 1.80. The summed E-state index contributed by atoms with van der Waals surface area (Å²) in [7, 11) is 0. The van der Waals surface area contributed by atoms with Crippen LogP contribution in [0.1, 0.15) is 35.2 Å². The molecular formula is C30H26N2O2. The van der Waals surface area contributed by atoms with Crippen molar-refractivity contribution in [2.75, 3.05) is 0 Å². The Kier molecular flexibility index (Phi) is 5.64. The summed E-state index contributed by atoms with van der Waals surface area (Å²) in [5.74, 6) is -0.254. The lowest BCUT2D eigenvalue weighted by atomic mass is 9.82. The highest BCUT2D eigenvalue weighted by Gasteiger charge is 2.28. The molecule has 1 unspecified atom stereocenters. The van der Waals surface area contributed by atoms with Crippen molar-refractivity contribution in [3.8, 4) is 11.4 Å². The highest BCUT2D eigenvalue weighted by atomic mass is 16.3. The van der Waals surface area contributed by atoms with Gasteiger partial charge in [0.1, 0.15) is 5.75 Å². The van der Waals surface area contributed by atoms with Gasteiger partial charge in [0.25, 0.3) is 5.56 Å². The van der Waals surface area contributed by atoms with Gasteiger partial charge < -0.3 is 5.11 Å². The number of para-hydroxylation sites is 1. The van der Waals surface area contributed by atoms with E-state index in [-0.39, 0.29) is 11.3 Å². The highest BCUT2D eigenvalue weighted by Crippen LogP contribution is 2.41. The number of aryl methyl sites for hydroxylation is 1. The molecule has 0 aliphatic rings. The van der Waals surface area contributed by atoms with Crippen molar-refractivity contribution in [2.45, 2.75) is 19.8 Å². The number of rotatable bonds is 5. The zero-order valence-corrected chi connectivity index (χ0v) is 19.2. The summed E-state index contributed by atoms with van der Waals surface area (Å²) in [5, 5.41) is 16.3. The number of aromatic nitrogens is 2. The number of hydrogen-bond donors (Lipinski definition) is 2. The Hall–Kier alpha value is -4.31. The van der Waals surface area contributed by atoms with E-state index < -0.39 is 5.92 Å². The number of phenolic OH excluding ortho intramolecular Hbond substituents is 1. The SMILES string of the molecule is C/C(=C\c1ccccc1)C(c1c(C)[nH]n(-c2ccccc2)c1=O)c1c(O)ccc2ccccc12. The van der Waals surface area contributed by atoms with Crippen LogP contribution in [-0.4, -0.2) is 14.9 Å². The molecular weight excluding hydrogens is 420 g/mol. The second kappa shape index (κ2) is 8.91. The molecule has 0 aliphatic heterocycles. The number of H-pyrrole nitrogens is 1. The maximum Gasteiger partial charge on any atom is 0.275 e. The molecule has 4 heteroatoms. The van der Waals surface area contributed by atoms with Gasteiger partial charge in [0.15, 0.2) is 0 Å². The fraction of sp³-hybridized carbons (Fsp3) is 0.100. The molecule has 1 aromatic heterocycles. The molecule has 0 saturated carbocycles. The lowest BCUT2D eigenvalue weighted by molar-refractivity contribution is 0.468. The Morgan fingerprint density at radius 3 is 2.24 bits per heavy atom. The Bertz CT molecular complexity index is 1540. The minimum atomic E-state index is -0.431. The number of benzene rings is 4. The molecule has 4 aromatic carbocycles. The van der Waals surface area contributed by atoms with E-state index in [2.05, 4.69) is 11.2 Å². The summed E-state index contributed by atoms with van der Waals surface area (Å²) >= 11 is 0. The molecule has 168 valence electrons. The fourth-order valence-electron chi connectivity index (χ4n) is 4.74. The van der Waals surface area contributed by atoms with E-state index in [1.165, 1.54) is 0 Å². The Labute approximate surface area is 198 Å². The van der Waals surface area contributed by atoms with Gasteiger partial charge in [0.2, 0.25) is 0 Å². The second-order valence-electron chi connectivity index (χ2n) is 8.58. The van der Waals surface area contributed by atoms with Crippen molar-refractivity contribution >= 4 is 16.8 Å². The van der Waals surface area contributed by atoms with E-state index in [1.807, 2.05) is 105 Å². The Morgan fingerprint density at radius 1 is 0.853 bits per heavy atom. The van der Waals surface area contributed by atoms with Crippen molar-refractivity contribution < 1.29 is 5.11 Å². The lowest BCUT2D eigenvalue weighted by Crippen LogP contribution is -2.20. The topological polar surface area (TPSA) is 58.0 Å². The fourth-order valence-corrected chi connectivity index (χ4v) is 4.74. The second-order valence-corrected chi connectivity index (χ2v) is 8.58. The Morgan fingerprint density at radius 2 is 1.50 bits per heavy atom. The van der Waals surface area contributed by atoms with Gasteiger partial charge in [0.05, 0.1) is 11.3 Å². The predicted molar refractivity (Wildman–Crippen MR) is 139 cm³/mol. The number of nitrogens with one attached hydrogen (secondary N) is 1. The van der Waals surface area contributed by atoms with E-state index in [9.17, 15) is 9.90 Å². The van der Waals surface area contributed by atoms with Gasteiger partial charge in [-0.05, 0) is 48.4 Å². The minimum Gasteiger partial charge on any atom is -0.508 e. The zero-order valence-electron chi connectivity index (χ0n) is 19.2. The molecule has 5 aromatic rings.